The summed E-state index contributed by atoms with van der Waals surface area (Å²) in [7, 11) is 0. The minimum Gasteiger partial charge on any atom is -0.398 e. The molecule has 1 aromatic carbocycles. The summed E-state index contributed by atoms with van der Waals surface area (Å²) in [4.78, 5) is 23.2. The van der Waals surface area contributed by atoms with Crippen molar-refractivity contribution in [1.29, 1.82) is 10.7 Å². The van der Waals surface area contributed by atoms with Crippen LogP contribution in [0.15, 0.2) is 55.0 Å². The van der Waals surface area contributed by atoms with Crippen molar-refractivity contribution >= 4 is 23.0 Å². The third-order valence-corrected chi connectivity index (χ3v) is 5.17. The number of rotatable bonds is 6. The summed E-state index contributed by atoms with van der Waals surface area (Å²) in [5.74, 6) is -0.611. The van der Waals surface area contributed by atoms with Crippen LogP contribution in [0, 0.1) is 16.7 Å². The second-order valence-electron chi connectivity index (χ2n) is 7.39. The maximum atomic E-state index is 12.6. The summed E-state index contributed by atoms with van der Waals surface area (Å²) >= 11 is 0. The number of nitrogen functional groups attached to an aromatic ring is 1. The van der Waals surface area contributed by atoms with Gasteiger partial charge in [-0.25, -0.2) is 4.98 Å². The SMILES string of the molecule is N#Cc1ccc(NC(=O)C(=N)c2cc(-c3cncc(CN4CCC4)c3)ccc2N)cn1. The predicted molar refractivity (Wildman–Crippen MR) is 118 cm³/mol. The molecule has 0 unspecified atom stereocenters. The molecule has 2 aromatic heterocycles. The number of nitriles is 1. The third-order valence-electron chi connectivity index (χ3n) is 5.17. The van der Waals surface area contributed by atoms with Gasteiger partial charge in [0.15, 0.2) is 0 Å². The van der Waals surface area contributed by atoms with Gasteiger partial charge in [0.05, 0.1) is 11.9 Å². The van der Waals surface area contributed by atoms with Crippen LogP contribution < -0.4 is 11.1 Å². The molecule has 1 fully saturated rings. The molecule has 0 spiro atoms. The Morgan fingerprint density at radius 1 is 1.16 bits per heavy atom. The molecule has 31 heavy (non-hydrogen) atoms. The standard InChI is InChI=1S/C23H21N7O/c24-10-18-3-4-19(13-28-18)29-23(31)22(26)20-9-16(2-5-21(20)25)17-8-15(11-27-12-17)14-30-6-1-7-30/h2-5,8-9,11-13,26H,1,6-7,14,25H2,(H,29,31). The molecular formula is C23H21N7O. The van der Waals surface area contributed by atoms with Gasteiger partial charge in [-0.15, -0.1) is 0 Å². The van der Waals surface area contributed by atoms with Crippen LogP contribution in [-0.2, 0) is 11.3 Å². The van der Waals surface area contributed by atoms with Crippen LogP contribution in [0.3, 0.4) is 0 Å². The number of hydrogen-bond donors (Lipinski definition) is 3. The largest absolute Gasteiger partial charge is 0.398 e. The summed E-state index contributed by atoms with van der Waals surface area (Å²) in [6.07, 6.45) is 6.23. The molecule has 3 heterocycles. The van der Waals surface area contributed by atoms with E-state index < -0.39 is 5.91 Å². The summed E-state index contributed by atoms with van der Waals surface area (Å²) in [6, 6.07) is 12.3. The van der Waals surface area contributed by atoms with Crippen molar-refractivity contribution < 1.29 is 4.79 Å². The molecule has 3 aromatic rings. The predicted octanol–water partition coefficient (Wildman–Crippen LogP) is 2.81. The van der Waals surface area contributed by atoms with Gasteiger partial charge in [-0.05, 0) is 61.0 Å². The van der Waals surface area contributed by atoms with Gasteiger partial charge in [0.25, 0.3) is 5.91 Å². The molecule has 1 amide bonds. The van der Waals surface area contributed by atoms with E-state index >= 15 is 0 Å². The van der Waals surface area contributed by atoms with Crippen molar-refractivity contribution in [3.63, 3.8) is 0 Å². The highest BCUT2D eigenvalue weighted by atomic mass is 16.1. The summed E-state index contributed by atoms with van der Waals surface area (Å²) in [5.41, 5.74) is 9.99. The molecule has 4 N–H and O–H groups in total. The molecular weight excluding hydrogens is 390 g/mol. The molecule has 0 saturated carbocycles. The van der Waals surface area contributed by atoms with Crippen LogP contribution >= 0.6 is 0 Å². The number of hydrogen-bond acceptors (Lipinski definition) is 7. The summed E-state index contributed by atoms with van der Waals surface area (Å²) in [5, 5.41) is 19.8. The zero-order valence-corrected chi connectivity index (χ0v) is 16.8. The first-order valence-electron chi connectivity index (χ1n) is 9.86. The van der Waals surface area contributed by atoms with Crippen molar-refractivity contribution in [3.8, 4) is 17.2 Å². The smallest absolute Gasteiger partial charge is 0.274 e. The zero-order valence-electron chi connectivity index (χ0n) is 16.8. The van der Waals surface area contributed by atoms with E-state index in [4.69, 9.17) is 16.4 Å². The first kappa shape index (κ1) is 20.2. The lowest BCUT2D eigenvalue weighted by atomic mass is 9.99. The Hall–Kier alpha value is -4.09. The van der Waals surface area contributed by atoms with E-state index in [0.29, 0.717) is 16.9 Å². The summed E-state index contributed by atoms with van der Waals surface area (Å²) < 4.78 is 0. The average Bonchev–Trinajstić information content (AvgIpc) is 2.77. The molecule has 0 aliphatic carbocycles. The van der Waals surface area contributed by atoms with E-state index in [1.54, 1.807) is 24.4 Å². The fraction of sp³-hybridized carbons (Fsp3) is 0.174. The van der Waals surface area contributed by atoms with Crippen molar-refractivity contribution in [2.45, 2.75) is 13.0 Å². The first-order valence-corrected chi connectivity index (χ1v) is 9.86. The fourth-order valence-corrected chi connectivity index (χ4v) is 3.33. The minimum atomic E-state index is -0.611. The fourth-order valence-electron chi connectivity index (χ4n) is 3.33. The Balaban J connectivity index is 1.54. The molecule has 1 aliphatic heterocycles. The van der Waals surface area contributed by atoms with Crippen LogP contribution in [0.25, 0.3) is 11.1 Å². The minimum absolute atomic E-state index is 0.245. The maximum absolute atomic E-state index is 12.6. The van der Waals surface area contributed by atoms with Crippen molar-refractivity contribution in [3.05, 3.63) is 71.8 Å². The monoisotopic (exact) mass is 411 g/mol. The van der Waals surface area contributed by atoms with Gasteiger partial charge >= 0.3 is 0 Å². The van der Waals surface area contributed by atoms with Crippen LogP contribution in [0.4, 0.5) is 11.4 Å². The molecule has 0 bridgehead atoms. The Labute approximate surface area is 179 Å². The molecule has 1 aliphatic rings. The number of nitrogens with two attached hydrogens (primary N) is 1. The quantitative estimate of drug-likeness (QED) is 0.422. The van der Waals surface area contributed by atoms with E-state index in [2.05, 4.69) is 26.3 Å². The average molecular weight is 411 g/mol. The number of nitrogens with zero attached hydrogens (tertiary/aromatic N) is 4. The second kappa shape index (κ2) is 8.73. The second-order valence-corrected chi connectivity index (χ2v) is 7.39. The molecule has 4 rings (SSSR count). The zero-order chi connectivity index (χ0) is 21.8. The normalized spacial score (nSPS) is 13.1. The van der Waals surface area contributed by atoms with E-state index in [1.165, 1.54) is 18.7 Å². The first-order chi connectivity index (χ1) is 15.0. The van der Waals surface area contributed by atoms with Crippen LogP contribution in [0.2, 0.25) is 0 Å². The highest BCUT2D eigenvalue weighted by Gasteiger charge is 2.17. The topological polar surface area (TPSA) is 132 Å². The number of benzene rings is 1. The van der Waals surface area contributed by atoms with Crippen molar-refractivity contribution in [2.75, 3.05) is 24.1 Å². The van der Waals surface area contributed by atoms with E-state index in [9.17, 15) is 4.79 Å². The Bertz CT molecular complexity index is 1180. The maximum Gasteiger partial charge on any atom is 0.274 e. The van der Waals surface area contributed by atoms with Gasteiger partial charge in [0.1, 0.15) is 17.5 Å². The Kier molecular flexibility index (Phi) is 5.69. The number of aromatic nitrogens is 2. The van der Waals surface area contributed by atoms with Gasteiger partial charge < -0.3 is 11.1 Å². The van der Waals surface area contributed by atoms with E-state index in [0.717, 1.165) is 36.3 Å². The lowest BCUT2D eigenvalue weighted by Crippen LogP contribution is -2.36. The molecule has 8 nitrogen and oxygen atoms in total. The Morgan fingerprint density at radius 3 is 2.68 bits per heavy atom. The highest BCUT2D eigenvalue weighted by Crippen LogP contribution is 2.25. The molecule has 0 atom stereocenters. The van der Waals surface area contributed by atoms with Gasteiger partial charge in [0.2, 0.25) is 0 Å². The van der Waals surface area contributed by atoms with Gasteiger partial charge in [-0.1, -0.05) is 6.07 Å². The van der Waals surface area contributed by atoms with Crippen LogP contribution in [0.1, 0.15) is 23.2 Å². The number of likely N-dealkylation sites (tertiary alicyclic amines) is 1. The number of carbonyl (C=O) groups excluding carboxylic acids is 1. The number of nitrogens with one attached hydrogen (secondary N) is 2. The lowest BCUT2D eigenvalue weighted by Gasteiger charge is -2.30. The van der Waals surface area contributed by atoms with Gasteiger partial charge in [-0.2, -0.15) is 5.26 Å². The van der Waals surface area contributed by atoms with Gasteiger partial charge in [0, 0.05) is 35.8 Å². The van der Waals surface area contributed by atoms with Gasteiger partial charge in [-0.3, -0.25) is 20.1 Å². The van der Waals surface area contributed by atoms with Crippen molar-refractivity contribution in [2.24, 2.45) is 0 Å². The third kappa shape index (κ3) is 4.57. The molecule has 154 valence electrons. The number of amides is 1. The van der Waals surface area contributed by atoms with E-state index in [-0.39, 0.29) is 11.4 Å². The number of pyridine rings is 2. The number of anilines is 2. The van der Waals surface area contributed by atoms with Crippen molar-refractivity contribution in [1.82, 2.24) is 14.9 Å². The summed E-state index contributed by atoms with van der Waals surface area (Å²) in [6.45, 7) is 3.08. The lowest BCUT2D eigenvalue weighted by molar-refractivity contribution is -0.110. The Morgan fingerprint density at radius 2 is 2.00 bits per heavy atom. The van der Waals surface area contributed by atoms with E-state index in [1.807, 2.05) is 18.3 Å². The molecule has 8 heteroatoms. The van der Waals surface area contributed by atoms with Crippen LogP contribution in [-0.4, -0.2) is 39.6 Å². The molecule has 1 saturated heterocycles. The number of carbonyl (C=O) groups is 1. The highest BCUT2D eigenvalue weighted by molar-refractivity contribution is 6.48. The van der Waals surface area contributed by atoms with Crippen LogP contribution in [0.5, 0.6) is 0 Å². The molecule has 0 radical (unpaired) electrons.